The van der Waals surface area contributed by atoms with Crippen LogP contribution in [0.4, 0.5) is 10.5 Å². The standard InChI is InChI=1S/C41H49ClN6O6/c1-26-32(8-7-9-34(26)46-39(51)35-13-10-28(23-45-35)25-48(20-21-49)40(52)54-41(3,4)5)33-14-17-43-38(37(33)42)29-11-12-30(36(22-29)53-6)24-44-31-15-18-47(19-16-31)27(2)50/h7-14,17,22-23,31,44,49H,15-16,18-21,24-25H2,1-6H3,(H,46,51). The second kappa shape index (κ2) is 17.9. The van der Waals surface area contributed by atoms with E-state index in [-0.39, 0.29) is 31.3 Å². The number of likely N-dealkylation sites (tertiary alicyclic amines) is 1. The first-order valence-electron chi connectivity index (χ1n) is 18.0. The van der Waals surface area contributed by atoms with Crippen molar-refractivity contribution in [2.75, 3.05) is 38.7 Å². The number of hydrogen-bond acceptors (Lipinski definition) is 9. The summed E-state index contributed by atoms with van der Waals surface area (Å²) in [6.45, 7) is 11.1. The van der Waals surface area contributed by atoms with E-state index in [9.17, 15) is 19.5 Å². The van der Waals surface area contributed by atoms with Gasteiger partial charge in [-0.05, 0) is 81.5 Å². The highest BCUT2D eigenvalue weighted by Crippen LogP contribution is 2.39. The molecule has 4 aromatic rings. The lowest BCUT2D eigenvalue weighted by atomic mass is 9.97. The number of hydrogen-bond donors (Lipinski definition) is 3. The van der Waals surface area contributed by atoms with Gasteiger partial charge in [0.1, 0.15) is 17.0 Å². The summed E-state index contributed by atoms with van der Waals surface area (Å²) in [5.74, 6) is 0.444. The van der Waals surface area contributed by atoms with Gasteiger partial charge in [-0.15, -0.1) is 0 Å². The van der Waals surface area contributed by atoms with Gasteiger partial charge >= 0.3 is 6.09 Å². The maximum atomic E-state index is 13.3. The number of amides is 3. The second-order valence-corrected chi connectivity index (χ2v) is 14.7. The first-order chi connectivity index (χ1) is 25.8. The van der Waals surface area contributed by atoms with E-state index in [0.717, 1.165) is 59.5 Å². The second-order valence-electron chi connectivity index (χ2n) is 14.3. The van der Waals surface area contributed by atoms with Crippen LogP contribution in [-0.2, 0) is 22.6 Å². The third-order valence-electron chi connectivity index (χ3n) is 9.30. The first kappa shape index (κ1) is 40.2. The van der Waals surface area contributed by atoms with Crippen molar-refractivity contribution in [3.63, 3.8) is 0 Å². The van der Waals surface area contributed by atoms with Gasteiger partial charge in [0.2, 0.25) is 5.91 Å². The van der Waals surface area contributed by atoms with Gasteiger partial charge in [0, 0.05) is 73.9 Å². The van der Waals surface area contributed by atoms with E-state index in [1.165, 1.54) is 11.1 Å². The molecule has 3 amide bonds. The maximum absolute atomic E-state index is 13.3. The molecule has 54 heavy (non-hydrogen) atoms. The molecule has 1 aliphatic heterocycles. The molecular formula is C41H49ClN6O6. The molecule has 12 nitrogen and oxygen atoms in total. The lowest BCUT2D eigenvalue weighted by molar-refractivity contribution is -0.129. The maximum Gasteiger partial charge on any atom is 0.410 e. The number of benzene rings is 2. The molecular weight excluding hydrogens is 708 g/mol. The van der Waals surface area contributed by atoms with Crippen molar-refractivity contribution in [1.29, 1.82) is 0 Å². The predicted molar refractivity (Wildman–Crippen MR) is 209 cm³/mol. The van der Waals surface area contributed by atoms with Crippen LogP contribution >= 0.6 is 11.6 Å². The predicted octanol–water partition coefficient (Wildman–Crippen LogP) is 6.86. The molecule has 0 spiro atoms. The van der Waals surface area contributed by atoms with Crippen molar-refractivity contribution in [3.8, 4) is 28.1 Å². The SMILES string of the molecule is COc1cc(-c2nccc(-c3cccc(NC(=O)c4ccc(CN(CCO)C(=O)OC(C)(C)C)cn4)c3C)c2Cl)ccc1CNC1CCN(C(C)=O)CC1. The Kier molecular flexibility index (Phi) is 13.3. The van der Waals surface area contributed by atoms with Crippen LogP contribution in [-0.4, -0.2) is 87.8 Å². The van der Waals surface area contributed by atoms with Crippen molar-refractivity contribution in [2.45, 2.75) is 72.2 Å². The number of methoxy groups -OCH3 is 1. The lowest BCUT2D eigenvalue weighted by Crippen LogP contribution is -2.43. The molecule has 2 aromatic heterocycles. The average Bonchev–Trinajstić information content (AvgIpc) is 3.14. The zero-order valence-corrected chi connectivity index (χ0v) is 32.5. The minimum absolute atomic E-state index is 0.0962. The van der Waals surface area contributed by atoms with E-state index in [1.807, 2.05) is 54.3 Å². The minimum atomic E-state index is -0.678. The number of anilines is 1. The fraction of sp³-hybridized carbons (Fsp3) is 0.390. The molecule has 0 unspecified atom stereocenters. The van der Waals surface area contributed by atoms with Crippen LogP contribution in [0.2, 0.25) is 5.02 Å². The Morgan fingerprint density at radius 1 is 1.04 bits per heavy atom. The number of aromatic nitrogens is 2. The third-order valence-corrected chi connectivity index (χ3v) is 9.68. The monoisotopic (exact) mass is 756 g/mol. The van der Waals surface area contributed by atoms with Crippen LogP contribution in [0.25, 0.3) is 22.4 Å². The number of rotatable bonds is 12. The summed E-state index contributed by atoms with van der Waals surface area (Å²) in [6.07, 6.45) is 4.52. The molecule has 0 bridgehead atoms. The van der Waals surface area contributed by atoms with E-state index < -0.39 is 17.6 Å². The van der Waals surface area contributed by atoms with Crippen LogP contribution in [0, 0.1) is 6.92 Å². The van der Waals surface area contributed by atoms with Gasteiger partial charge in [0.25, 0.3) is 5.91 Å². The van der Waals surface area contributed by atoms with Gasteiger partial charge in [-0.25, -0.2) is 4.79 Å². The number of pyridine rings is 2. The van der Waals surface area contributed by atoms with Gasteiger partial charge in [0.05, 0.1) is 31.0 Å². The molecule has 286 valence electrons. The average molecular weight is 757 g/mol. The Bertz CT molecular complexity index is 1960. The summed E-state index contributed by atoms with van der Waals surface area (Å²) < 4.78 is 11.2. The van der Waals surface area contributed by atoms with Crippen LogP contribution in [0.1, 0.15) is 67.7 Å². The molecule has 0 aliphatic carbocycles. The number of carbonyl (C=O) groups is 3. The Morgan fingerprint density at radius 2 is 1.80 bits per heavy atom. The Morgan fingerprint density at radius 3 is 2.44 bits per heavy atom. The summed E-state index contributed by atoms with van der Waals surface area (Å²) in [5.41, 5.74) is 5.62. The van der Waals surface area contributed by atoms with Gasteiger partial charge in [-0.2, -0.15) is 0 Å². The molecule has 0 atom stereocenters. The van der Waals surface area contributed by atoms with Crippen molar-refractivity contribution in [2.24, 2.45) is 0 Å². The van der Waals surface area contributed by atoms with Gasteiger partial charge in [-0.3, -0.25) is 19.6 Å². The van der Waals surface area contributed by atoms with E-state index >= 15 is 0 Å². The van der Waals surface area contributed by atoms with Crippen molar-refractivity contribution in [3.05, 3.63) is 94.4 Å². The molecule has 13 heteroatoms. The highest BCUT2D eigenvalue weighted by molar-refractivity contribution is 6.35. The lowest BCUT2D eigenvalue weighted by Gasteiger charge is -2.32. The molecule has 0 radical (unpaired) electrons. The van der Waals surface area contributed by atoms with Crippen LogP contribution < -0.4 is 15.4 Å². The van der Waals surface area contributed by atoms with Crippen molar-refractivity contribution < 1.29 is 29.0 Å². The number of ether oxygens (including phenoxy) is 2. The highest BCUT2D eigenvalue weighted by Gasteiger charge is 2.24. The molecule has 5 rings (SSSR count). The topological polar surface area (TPSA) is 146 Å². The zero-order valence-electron chi connectivity index (χ0n) is 31.7. The Hall–Kier alpha value is -5.04. The van der Waals surface area contributed by atoms with E-state index in [1.54, 1.807) is 53.1 Å². The molecule has 1 aliphatic rings. The molecule has 3 heterocycles. The highest BCUT2D eigenvalue weighted by atomic mass is 35.5. The first-order valence-corrected chi connectivity index (χ1v) is 18.4. The van der Waals surface area contributed by atoms with Crippen molar-refractivity contribution in [1.82, 2.24) is 25.1 Å². The largest absolute Gasteiger partial charge is 0.496 e. The smallest absolute Gasteiger partial charge is 0.410 e. The number of piperidine rings is 1. The number of nitrogens with zero attached hydrogens (tertiary/aromatic N) is 4. The molecule has 1 saturated heterocycles. The third kappa shape index (κ3) is 10.1. The normalized spacial score (nSPS) is 13.4. The molecule has 2 aromatic carbocycles. The summed E-state index contributed by atoms with van der Waals surface area (Å²) in [6, 6.07) is 17.1. The number of halogens is 1. The van der Waals surface area contributed by atoms with Gasteiger partial charge in [-0.1, -0.05) is 41.9 Å². The molecule has 0 saturated carbocycles. The summed E-state index contributed by atoms with van der Waals surface area (Å²) in [4.78, 5) is 49.9. The van der Waals surface area contributed by atoms with Gasteiger partial charge in [0.15, 0.2) is 0 Å². The van der Waals surface area contributed by atoms with Crippen LogP contribution in [0.3, 0.4) is 0 Å². The van der Waals surface area contributed by atoms with E-state index in [0.29, 0.717) is 34.6 Å². The minimum Gasteiger partial charge on any atom is -0.496 e. The fourth-order valence-electron chi connectivity index (χ4n) is 6.35. The zero-order chi connectivity index (χ0) is 39.0. The van der Waals surface area contributed by atoms with E-state index in [2.05, 4.69) is 20.6 Å². The summed E-state index contributed by atoms with van der Waals surface area (Å²) >= 11 is 7.07. The Balaban J connectivity index is 1.28. The van der Waals surface area contributed by atoms with E-state index in [4.69, 9.17) is 21.1 Å². The Labute approximate surface area is 321 Å². The number of aliphatic hydroxyl groups excluding tert-OH is 1. The quantitative estimate of drug-likeness (QED) is 0.141. The summed E-state index contributed by atoms with van der Waals surface area (Å²) in [5, 5.41) is 16.5. The number of aliphatic hydroxyl groups is 1. The fourth-order valence-corrected chi connectivity index (χ4v) is 6.67. The van der Waals surface area contributed by atoms with Crippen LogP contribution in [0.15, 0.2) is 67.0 Å². The number of nitrogens with one attached hydrogen (secondary N) is 2. The molecule has 3 N–H and O–H groups in total. The van der Waals surface area contributed by atoms with Crippen molar-refractivity contribution >= 4 is 35.2 Å². The number of carbonyl (C=O) groups excluding carboxylic acids is 3. The summed E-state index contributed by atoms with van der Waals surface area (Å²) in [7, 11) is 1.64. The van der Waals surface area contributed by atoms with Gasteiger partial charge < -0.3 is 35.0 Å². The molecule has 1 fully saturated rings. The van der Waals surface area contributed by atoms with Crippen LogP contribution in [0.5, 0.6) is 5.75 Å².